The largest absolute Gasteiger partial charge is 0.385 e. The van der Waals surface area contributed by atoms with Crippen molar-refractivity contribution in [3.05, 3.63) is 71.4 Å². The van der Waals surface area contributed by atoms with Crippen molar-refractivity contribution in [1.82, 2.24) is 15.3 Å². The summed E-state index contributed by atoms with van der Waals surface area (Å²) in [5.41, 5.74) is 4.37. The number of amides is 1. The Bertz CT molecular complexity index is 974. The first kappa shape index (κ1) is 20.5. The summed E-state index contributed by atoms with van der Waals surface area (Å²) >= 11 is 0. The van der Waals surface area contributed by atoms with Gasteiger partial charge in [0.15, 0.2) is 5.82 Å². The zero-order valence-corrected chi connectivity index (χ0v) is 17.0. The summed E-state index contributed by atoms with van der Waals surface area (Å²) in [6, 6.07) is 17.5. The smallest absolute Gasteiger partial charge is 0.270 e. The Hall–Kier alpha value is -3.25. The lowest BCUT2D eigenvalue weighted by Crippen LogP contribution is -2.26. The van der Waals surface area contributed by atoms with Crippen molar-refractivity contribution in [1.29, 1.82) is 0 Å². The number of methoxy groups -OCH3 is 1. The third-order valence-electron chi connectivity index (χ3n) is 4.46. The Balaban J connectivity index is 1.92. The molecule has 0 saturated heterocycles. The van der Waals surface area contributed by atoms with Crippen LogP contribution in [-0.2, 0) is 4.74 Å². The van der Waals surface area contributed by atoms with Crippen molar-refractivity contribution in [2.24, 2.45) is 0 Å². The first-order chi connectivity index (χ1) is 14.1. The second kappa shape index (κ2) is 9.80. The van der Waals surface area contributed by atoms with E-state index in [-0.39, 0.29) is 5.91 Å². The van der Waals surface area contributed by atoms with Gasteiger partial charge < -0.3 is 15.4 Å². The number of carbonyl (C=O) groups excluding carboxylic acids is 1. The van der Waals surface area contributed by atoms with Gasteiger partial charge in [-0.1, -0.05) is 42.5 Å². The average molecular weight is 390 g/mol. The van der Waals surface area contributed by atoms with Crippen molar-refractivity contribution in [2.45, 2.75) is 20.3 Å². The Labute approximate surface area is 171 Å². The SMILES string of the molecule is COCCCNC(=O)c1cc(Nc2cc(C)ccc2C)nc(-c2ccccc2)n1. The van der Waals surface area contributed by atoms with E-state index in [4.69, 9.17) is 4.74 Å². The number of anilines is 2. The Morgan fingerprint density at radius 1 is 1.03 bits per heavy atom. The molecule has 29 heavy (non-hydrogen) atoms. The fourth-order valence-corrected chi connectivity index (χ4v) is 2.86. The van der Waals surface area contributed by atoms with E-state index in [1.54, 1.807) is 13.2 Å². The second-order valence-electron chi connectivity index (χ2n) is 6.87. The van der Waals surface area contributed by atoms with Crippen LogP contribution in [0.25, 0.3) is 11.4 Å². The lowest BCUT2D eigenvalue weighted by atomic mass is 10.1. The highest BCUT2D eigenvalue weighted by molar-refractivity contribution is 5.93. The van der Waals surface area contributed by atoms with Crippen molar-refractivity contribution < 1.29 is 9.53 Å². The summed E-state index contributed by atoms with van der Waals surface area (Å²) in [5, 5.41) is 6.23. The van der Waals surface area contributed by atoms with Crippen molar-refractivity contribution >= 4 is 17.4 Å². The maximum Gasteiger partial charge on any atom is 0.270 e. The van der Waals surface area contributed by atoms with Crippen LogP contribution < -0.4 is 10.6 Å². The first-order valence-electron chi connectivity index (χ1n) is 9.63. The van der Waals surface area contributed by atoms with Gasteiger partial charge in [0.1, 0.15) is 11.5 Å². The quantitative estimate of drug-likeness (QED) is 0.562. The van der Waals surface area contributed by atoms with Crippen molar-refractivity contribution in [2.75, 3.05) is 25.6 Å². The third kappa shape index (κ3) is 5.62. The van der Waals surface area contributed by atoms with E-state index in [2.05, 4.69) is 38.8 Å². The summed E-state index contributed by atoms with van der Waals surface area (Å²) in [7, 11) is 1.64. The molecule has 0 fully saturated rings. The molecule has 150 valence electrons. The van der Waals surface area contributed by atoms with Gasteiger partial charge in [-0.3, -0.25) is 4.79 Å². The number of hydrogen-bond donors (Lipinski definition) is 2. The molecule has 2 N–H and O–H groups in total. The third-order valence-corrected chi connectivity index (χ3v) is 4.46. The van der Waals surface area contributed by atoms with E-state index in [0.29, 0.717) is 30.5 Å². The number of nitrogens with zero attached hydrogens (tertiary/aromatic N) is 2. The van der Waals surface area contributed by atoms with E-state index in [0.717, 1.165) is 28.8 Å². The first-order valence-corrected chi connectivity index (χ1v) is 9.63. The van der Waals surface area contributed by atoms with Gasteiger partial charge in [0.2, 0.25) is 0 Å². The molecule has 0 saturated carbocycles. The Morgan fingerprint density at radius 3 is 2.59 bits per heavy atom. The second-order valence-corrected chi connectivity index (χ2v) is 6.87. The van der Waals surface area contributed by atoms with Gasteiger partial charge in [-0.2, -0.15) is 0 Å². The van der Waals surface area contributed by atoms with Crippen LogP contribution in [0.15, 0.2) is 54.6 Å². The van der Waals surface area contributed by atoms with Gasteiger partial charge in [0.25, 0.3) is 5.91 Å². The highest BCUT2D eigenvalue weighted by Crippen LogP contribution is 2.23. The Morgan fingerprint density at radius 2 is 1.83 bits per heavy atom. The fraction of sp³-hybridized carbons (Fsp3) is 0.261. The van der Waals surface area contributed by atoms with Crippen LogP contribution in [0.5, 0.6) is 0 Å². The van der Waals surface area contributed by atoms with Crippen LogP contribution in [0.4, 0.5) is 11.5 Å². The molecular weight excluding hydrogens is 364 g/mol. The lowest BCUT2D eigenvalue weighted by Gasteiger charge is -2.13. The molecule has 0 bridgehead atoms. The number of benzene rings is 2. The molecule has 0 aliphatic rings. The molecule has 0 aliphatic carbocycles. The Kier molecular flexibility index (Phi) is 6.92. The minimum absolute atomic E-state index is 0.232. The van der Waals surface area contributed by atoms with E-state index in [9.17, 15) is 4.79 Å². The fourth-order valence-electron chi connectivity index (χ4n) is 2.86. The maximum atomic E-state index is 12.6. The van der Waals surface area contributed by atoms with Crippen LogP contribution in [-0.4, -0.2) is 36.1 Å². The van der Waals surface area contributed by atoms with Crippen LogP contribution in [0.3, 0.4) is 0 Å². The molecule has 0 aliphatic heterocycles. The molecule has 0 radical (unpaired) electrons. The van der Waals surface area contributed by atoms with Crippen LogP contribution in [0.1, 0.15) is 28.0 Å². The zero-order chi connectivity index (χ0) is 20.6. The minimum atomic E-state index is -0.232. The molecule has 6 nitrogen and oxygen atoms in total. The number of rotatable bonds is 8. The van der Waals surface area contributed by atoms with Gasteiger partial charge in [0, 0.05) is 37.6 Å². The molecule has 0 spiro atoms. The van der Waals surface area contributed by atoms with Gasteiger partial charge in [-0.05, 0) is 37.5 Å². The monoisotopic (exact) mass is 390 g/mol. The summed E-state index contributed by atoms with van der Waals surface area (Å²) < 4.78 is 5.03. The maximum absolute atomic E-state index is 12.6. The topological polar surface area (TPSA) is 76.1 Å². The van der Waals surface area contributed by atoms with E-state index >= 15 is 0 Å². The molecule has 1 aromatic heterocycles. The average Bonchev–Trinajstić information content (AvgIpc) is 2.74. The van der Waals surface area contributed by atoms with E-state index < -0.39 is 0 Å². The summed E-state index contributed by atoms with van der Waals surface area (Å²) in [6.45, 7) is 5.19. The zero-order valence-electron chi connectivity index (χ0n) is 17.0. The van der Waals surface area contributed by atoms with Crippen molar-refractivity contribution in [3.8, 4) is 11.4 Å². The van der Waals surface area contributed by atoms with E-state index in [1.807, 2.05) is 44.2 Å². The predicted molar refractivity (Wildman–Crippen MR) is 115 cm³/mol. The lowest BCUT2D eigenvalue weighted by molar-refractivity contribution is 0.0943. The standard InChI is InChI=1S/C23H26N4O2/c1-16-10-11-17(2)19(14-16)25-21-15-20(23(28)24-12-7-13-29-3)26-22(27-21)18-8-5-4-6-9-18/h4-6,8-11,14-15H,7,12-13H2,1-3H3,(H,24,28)(H,25,26,27). The van der Waals surface area contributed by atoms with Crippen molar-refractivity contribution in [3.63, 3.8) is 0 Å². The molecule has 6 heteroatoms. The number of aryl methyl sites for hydroxylation is 2. The van der Waals surface area contributed by atoms with Crippen LogP contribution >= 0.6 is 0 Å². The number of ether oxygens (including phenoxy) is 1. The number of hydrogen-bond acceptors (Lipinski definition) is 5. The molecule has 0 atom stereocenters. The molecular formula is C23H26N4O2. The predicted octanol–water partition coefficient (Wildman–Crippen LogP) is 4.27. The molecule has 1 heterocycles. The van der Waals surface area contributed by atoms with Gasteiger partial charge in [-0.15, -0.1) is 0 Å². The highest BCUT2D eigenvalue weighted by atomic mass is 16.5. The molecule has 0 unspecified atom stereocenters. The van der Waals surface area contributed by atoms with Crippen LogP contribution in [0, 0.1) is 13.8 Å². The summed E-state index contributed by atoms with van der Waals surface area (Å²) in [5.74, 6) is 0.849. The van der Waals surface area contributed by atoms with E-state index in [1.165, 1.54) is 0 Å². The minimum Gasteiger partial charge on any atom is -0.385 e. The molecule has 1 amide bonds. The van der Waals surface area contributed by atoms with Gasteiger partial charge >= 0.3 is 0 Å². The van der Waals surface area contributed by atoms with Crippen LogP contribution in [0.2, 0.25) is 0 Å². The van der Waals surface area contributed by atoms with Gasteiger partial charge in [-0.25, -0.2) is 9.97 Å². The summed E-state index contributed by atoms with van der Waals surface area (Å²) in [4.78, 5) is 21.8. The molecule has 3 aromatic rings. The highest BCUT2D eigenvalue weighted by Gasteiger charge is 2.13. The molecule has 3 rings (SSSR count). The number of aromatic nitrogens is 2. The number of carbonyl (C=O) groups is 1. The normalized spacial score (nSPS) is 10.6. The van der Waals surface area contributed by atoms with Gasteiger partial charge in [0.05, 0.1) is 0 Å². The molecule has 2 aromatic carbocycles. The number of nitrogens with one attached hydrogen (secondary N) is 2. The summed E-state index contributed by atoms with van der Waals surface area (Å²) in [6.07, 6.45) is 0.743.